The number of nitrogens with zero attached hydrogens (tertiary/aromatic N) is 3. The number of methoxy groups -OCH3 is 1. The molecule has 0 aliphatic carbocycles. The van der Waals surface area contributed by atoms with Gasteiger partial charge in [0.1, 0.15) is 23.8 Å². The number of halogens is 1. The van der Waals surface area contributed by atoms with Gasteiger partial charge in [0.05, 0.1) is 19.2 Å². The predicted molar refractivity (Wildman–Crippen MR) is 120 cm³/mol. The third kappa shape index (κ3) is 4.49. The number of benzene rings is 2. The van der Waals surface area contributed by atoms with Crippen LogP contribution in [0.3, 0.4) is 0 Å². The van der Waals surface area contributed by atoms with Crippen molar-refractivity contribution in [3.8, 4) is 5.75 Å². The summed E-state index contributed by atoms with van der Waals surface area (Å²) in [6.07, 6.45) is 1.52. The van der Waals surface area contributed by atoms with E-state index in [0.717, 1.165) is 5.56 Å². The Hall–Kier alpha value is -4.07. The third-order valence-corrected chi connectivity index (χ3v) is 5.08. The molecule has 1 aliphatic heterocycles. The number of anilines is 2. The second-order valence-corrected chi connectivity index (χ2v) is 7.30. The molecule has 7 nitrogen and oxygen atoms in total. The van der Waals surface area contributed by atoms with E-state index in [1.165, 1.54) is 17.0 Å². The van der Waals surface area contributed by atoms with Crippen LogP contribution in [0.5, 0.6) is 5.75 Å². The summed E-state index contributed by atoms with van der Waals surface area (Å²) in [6.45, 7) is 1.48. The Bertz CT molecular complexity index is 1230. The van der Waals surface area contributed by atoms with Crippen molar-refractivity contribution < 1.29 is 18.7 Å². The average molecular weight is 432 g/mol. The van der Waals surface area contributed by atoms with Crippen molar-refractivity contribution in [2.45, 2.75) is 13.3 Å². The number of hydrogen-bond acceptors (Lipinski definition) is 5. The van der Waals surface area contributed by atoms with Gasteiger partial charge >= 0.3 is 0 Å². The summed E-state index contributed by atoms with van der Waals surface area (Å²) < 4.78 is 18.9. The first-order valence-corrected chi connectivity index (χ1v) is 9.98. The van der Waals surface area contributed by atoms with E-state index in [-0.39, 0.29) is 18.9 Å². The number of hydrogen-bond donors (Lipinski definition) is 1. The molecule has 8 heteroatoms. The summed E-state index contributed by atoms with van der Waals surface area (Å²) in [7, 11) is 1.57. The zero-order valence-corrected chi connectivity index (χ0v) is 17.6. The summed E-state index contributed by atoms with van der Waals surface area (Å²) >= 11 is 0. The molecule has 0 fully saturated rings. The Morgan fingerprint density at radius 3 is 2.84 bits per heavy atom. The summed E-state index contributed by atoms with van der Waals surface area (Å²) in [4.78, 5) is 36.2. The second-order valence-electron chi connectivity index (χ2n) is 7.30. The van der Waals surface area contributed by atoms with Gasteiger partial charge in [0.15, 0.2) is 5.82 Å². The standard InChI is InChI=1S/C24H21FN4O3/c1-15-8-9-17(25)12-20(15)28-22(30)14-29-23(31)13-21(16-5-3-6-18(11-16)32-2)27-19-7-4-10-26-24(19)29/h3-12H,13-14H2,1-2H3,(H,28,30). The van der Waals surface area contributed by atoms with Crippen molar-refractivity contribution in [3.05, 3.63) is 77.7 Å². The topological polar surface area (TPSA) is 83.9 Å². The molecule has 0 radical (unpaired) electrons. The molecule has 2 heterocycles. The Morgan fingerprint density at radius 1 is 1.19 bits per heavy atom. The van der Waals surface area contributed by atoms with Crippen molar-refractivity contribution in [1.29, 1.82) is 0 Å². The van der Waals surface area contributed by atoms with Crippen LogP contribution in [0.25, 0.3) is 0 Å². The van der Waals surface area contributed by atoms with Gasteiger partial charge in [-0.3, -0.25) is 14.5 Å². The van der Waals surface area contributed by atoms with Crippen LogP contribution in [0, 0.1) is 12.7 Å². The molecule has 0 atom stereocenters. The van der Waals surface area contributed by atoms with Crippen molar-refractivity contribution in [3.63, 3.8) is 0 Å². The van der Waals surface area contributed by atoms with E-state index in [4.69, 9.17) is 4.74 Å². The lowest BCUT2D eigenvalue weighted by molar-refractivity contribution is -0.120. The van der Waals surface area contributed by atoms with Crippen molar-refractivity contribution in [2.24, 2.45) is 4.99 Å². The van der Waals surface area contributed by atoms with Crippen LogP contribution >= 0.6 is 0 Å². The van der Waals surface area contributed by atoms with Crippen LogP contribution in [-0.2, 0) is 9.59 Å². The van der Waals surface area contributed by atoms with Gasteiger partial charge in [0.25, 0.3) is 0 Å². The Labute approximate surface area is 184 Å². The maximum Gasteiger partial charge on any atom is 0.244 e. The number of carbonyl (C=O) groups is 2. The molecule has 1 aliphatic rings. The van der Waals surface area contributed by atoms with E-state index in [0.29, 0.717) is 34.2 Å². The highest BCUT2D eigenvalue weighted by atomic mass is 19.1. The van der Waals surface area contributed by atoms with Crippen LogP contribution in [0.4, 0.5) is 21.6 Å². The first-order valence-electron chi connectivity index (χ1n) is 9.98. The van der Waals surface area contributed by atoms with Gasteiger partial charge in [-0.05, 0) is 48.9 Å². The van der Waals surface area contributed by atoms with E-state index in [2.05, 4.69) is 15.3 Å². The van der Waals surface area contributed by atoms with Crippen LogP contribution in [0.2, 0.25) is 0 Å². The maximum atomic E-state index is 13.6. The smallest absolute Gasteiger partial charge is 0.244 e. The number of fused-ring (bicyclic) bond motifs is 1. The largest absolute Gasteiger partial charge is 0.497 e. The van der Waals surface area contributed by atoms with Gasteiger partial charge in [-0.15, -0.1) is 0 Å². The molecule has 2 amide bonds. The Morgan fingerprint density at radius 2 is 2.03 bits per heavy atom. The van der Waals surface area contributed by atoms with Crippen LogP contribution in [0.1, 0.15) is 17.5 Å². The van der Waals surface area contributed by atoms with Crippen LogP contribution < -0.4 is 15.0 Å². The molecule has 0 bridgehead atoms. The fourth-order valence-electron chi connectivity index (χ4n) is 3.42. The molecule has 2 aromatic carbocycles. The molecule has 162 valence electrons. The highest BCUT2D eigenvalue weighted by Crippen LogP contribution is 2.31. The second kappa shape index (κ2) is 8.97. The molecule has 32 heavy (non-hydrogen) atoms. The highest BCUT2D eigenvalue weighted by Gasteiger charge is 2.28. The zero-order chi connectivity index (χ0) is 22.7. The van der Waals surface area contributed by atoms with Crippen molar-refractivity contribution >= 4 is 34.7 Å². The zero-order valence-electron chi connectivity index (χ0n) is 17.6. The summed E-state index contributed by atoms with van der Waals surface area (Å²) in [5.41, 5.74) is 2.84. The number of aromatic nitrogens is 1. The first kappa shape index (κ1) is 21.2. The number of amides is 2. The molecule has 0 saturated heterocycles. The van der Waals surface area contributed by atoms with Crippen LogP contribution in [-0.4, -0.2) is 36.2 Å². The number of rotatable bonds is 5. The summed E-state index contributed by atoms with van der Waals surface area (Å²) in [5.74, 6) is -0.305. The van der Waals surface area contributed by atoms with Gasteiger partial charge < -0.3 is 10.1 Å². The van der Waals surface area contributed by atoms with E-state index < -0.39 is 11.7 Å². The van der Waals surface area contributed by atoms with Gasteiger partial charge in [-0.25, -0.2) is 14.4 Å². The maximum absolute atomic E-state index is 13.6. The summed E-state index contributed by atoms with van der Waals surface area (Å²) in [5, 5.41) is 2.67. The number of ether oxygens (including phenoxy) is 1. The lowest BCUT2D eigenvalue weighted by Crippen LogP contribution is -2.39. The molecule has 4 rings (SSSR count). The minimum atomic E-state index is -0.464. The molecule has 3 aromatic rings. The van der Waals surface area contributed by atoms with Gasteiger partial charge in [-0.2, -0.15) is 0 Å². The first-order chi connectivity index (χ1) is 15.4. The van der Waals surface area contributed by atoms with Gasteiger partial charge in [0.2, 0.25) is 11.8 Å². The lowest BCUT2D eigenvalue weighted by atomic mass is 10.1. The monoisotopic (exact) mass is 432 g/mol. The van der Waals surface area contributed by atoms with Gasteiger partial charge in [0, 0.05) is 17.4 Å². The van der Waals surface area contributed by atoms with E-state index >= 15 is 0 Å². The SMILES string of the molecule is COc1cccc(C2=Nc3cccnc3N(CC(=O)Nc3cc(F)ccc3C)C(=O)C2)c1. The molecule has 1 N–H and O–H groups in total. The quantitative estimate of drug-likeness (QED) is 0.660. The molecule has 0 spiro atoms. The molecular weight excluding hydrogens is 411 g/mol. The molecule has 1 aromatic heterocycles. The third-order valence-electron chi connectivity index (χ3n) is 5.08. The molecule has 0 saturated carbocycles. The van der Waals surface area contributed by atoms with Crippen LogP contribution in [0.15, 0.2) is 65.8 Å². The average Bonchev–Trinajstić information content (AvgIpc) is 2.93. The lowest BCUT2D eigenvalue weighted by Gasteiger charge is -2.21. The van der Waals surface area contributed by atoms with Crippen molar-refractivity contribution in [2.75, 3.05) is 23.9 Å². The summed E-state index contributed by atoms with van der Waals surface area (Å²) in [6, 6.07) is 14.9. The van der Waals surface area contributed by atoms with Gasteiger partial charge in [-0.1, -0.05) is 18.2 Å². The van der Waals surface area contributed by atoms with E-state index in [1.807, 2.05) is 18.2 Å². The predicted octanol–water partition coefficient (Wildman–Crippen LogP) is 4.03. The number of carbonyl (C=O) groups excluding carboxylic acids is 2. The Kier molecular flexibility index (Phi) is 5.93. The number of aryl methyl sites for hydroxylation is 1. The molecule has 0 unspecified atom stereocenters. The number of pyridine rings is 1. The fourth-order valence-corrected chi connectivity index (χ4v) is 3.42. The van der Waals surface area contributed by atoms with Crippen molar-refractivity contribution in [1.82, 2.24) is 4.98 Å². The van der Waals surface area contributed by atoms with E-state index in [1.54, 1.807) is 44.5 Å². The minimum absolute atomic E-state index is 0.0181. The molecular formula is C24H21FN4O3. The van der Waals surface area contributed by atoms with E-state index in [9.17, 15) is 14.0 Å². The fraction of sp³-hybridized carbons (Fsp3) is 0.167. The number of nitrogens with one attached hydrogen (secondary N) is 1. The minimum Gasteiger partial charge on any atom is -0.497 e. The number of aliphatic imine (C=N–C) groups is 1. The normalized spacial score (nSPS) is 13.2. The highest BCUT2D eigenvalue weighted by molar-refractivity contribution is 6.18. The Balaban J connectivity index is 1.62.